The van der Waals surface area contributed by atoms with E-state index in [9.17, 15) is 4.79 Å². The number of hydrogen-bond acceptors (Lipinski definition) is 6. The summed E-state index contributed by atoms with van der Waals surface area (Å²) >= 11 is 6.99. The van der Waals surface area contributed by atoms with E-state index in [0.717, 1.165) is 26.5 Å². The number of benzene rings is 3. The van der Waals surface area contributed by atoms with Crippen molar-refractivity contribution in [3.05, 3.63) is 72.3 Å². The Bertz CT molecular complexity index is 1210. The third kappa shape index (κ3) is 4.65. The highest BCUT2D eigenvalue weighted by atomic mass is 32.1. The Kier molecular flexibility index (Phi) is 6.11. The fourth-order valence-corrected chi connectivity index (χ4v) is 4.24. The Morgan fingerprint density at radius 2 is 1.65 bits per heavy atom. The van der Waals surface area contributed by atoms with Gasteiger partial charge in [-0.05, 0) is 48.6 Å². The van der Waals surface area contributed by atoms with Crippen LogP contribution in [0.1, 0.15) is 10.4 Å². The smallest absolute Gasteiger partial charge is 0.257 e. The summed E-state index contributed by atoms with van der Waals surface area (Å²) in [5.74, 6) is 0.668. The number of para-hydroxylation sites is 2. The summed E-state index contributed by atoms with van der Waals surface area (Å²) in [6, 6.07) is 20.6. The van der Waals surface area contributed by atoms with Crippen LogP contribution in [0.5, 0.6) is 11.5 Å². The lowest BCUT2D eigenvalue weighted by molar-refractivity contribution is 0.0977. The van der Waals surface area contributed by atoms with E-state index >= 15 is 0 Å². The lowest BCUT2D eigenvalue weighted by Gasteiger charge is -2.13. The highest BCUT2D eigenvalue weighted by molar-refractivity contribution is 7.80. The second-order valence-corrected chi connectivity index (χ2v) is 7.98. The van der Waals surface area contributed by atoms with Crippen LogP contribution in [0.3, 0.4) is 0 Å². The largest absolute Gasteiger partial charge is 0.497 e. The molecule has 31 heavy (non-hydrogen) atoms. The topological polar surface area (TPSA) is 72.5 Å². The number of carbonyl (C=O) groups is 1. The predicted molar refractivity (Wildman–Crippen MR) is 128 cm³/mol. The zero-order valence-corrected chi connectivity index (χ0v) is 18.5. The summed E-state index contributed by atoms with van der Waals surface area (Å²) < 4.78 is 11.6. The molecule has 0 saturated heterocycles. The Morgan fingerprint density at radius 1 is 0.968 bits per heavy atom. The Morgan fingerprint density at radius 3 is 2.35 bits per heavy atom. The molecule has 0 fully saturated rings. The molecule has 0 aliphatic rings. The van der Waals surface area contributed by atoms with Crippen LogP contribution >= 0.6 is 23.6 Å². The summed E-state index contributed by atoms with van der Waals surface area (Å²) in [4.78, 5) is 17.4. The molecule has 1 aromatic heterocycles. The van der Waals surface area contributed by atoms with Crippen LogP contribution in [0.15, 0.2) is 66.7 Å². The maximum Gasteiger partial charge on any atom is 0.257 e. The van der Waals surface area contributed by atoms with Crippen molar-refractivity contribution in [3.63, 3.8) is 0 Å². The van der Waals surface area contributed by atoms with Gasteiger partial charge in [-0.2, -0.15) is 0 Å². The van der Waals surface area contributed by atoms with E-state index in [1.165, 1.54) is 14.2 Å². The number of rotatable bonds is 5. The van der Waals surface area contributed by atoms with Crippen LogP contribution in [-0.4, -0.2) is 30.2 Å². The first kappa shape index (κ1) is 20.8. The van der Waals surface area contributed by atoms with Gasteiger partial charge in [-0.3, -0.25) is 10.1 Å². The molecule has 3 aromatic carbocycles. The average Bonchev–Trinajstić information content (AvgIpc) is 3.23. The number of thiocarbonyl (C=S) groups is 1. The number of carbonyl (C=O) groups excluding carboxylic acids is 1. The second-order valence-electron chi connectivity index (χ2n) is 6.54. The van der Waals surface area contributed by atoms with E-state index < -0.39 is 0 Å². The molecule has 0 unspecified atom stereocenters. The summed E-state index contributed by atoms with van der Waals surface area (Å²) in [5.41, 5.74) is 2.98. The van der Waals surface area contributed by atoms with Crippen LogP contribution in [-0.2, 0) is 0 Å². The molecule has 0 saturated carbocycles. The van der Waals surface area contributed by atoms with E-state index in [2.05, 4.69) is 10.6 Å². The molecule has 4 aromatic rings. The number of amides is 1. The highest BCUT2D eigenvalue weighted by Gasteiger charge is 2.14. The van der Waals surface area contributed by atoms with Gasteiger partial charge in [-0.25, -0.2) is 4.98 Å². The fraction of sp³-hybridized carbons (Fsp3) is 0.0870. The molecular formula is C23H19N3O3S2. The number of thiazole rings is 1. The number of hydrogen-bond donors (Lipinski definition) is 2. The first-order valence-electron chi connectivity index (χ1n) is 9.38. The average molecular weight is 450 g/mol. The van der Waals surface area contributed by atoms with Gasteiger partial charge in [0, 0.05) is 17.2 Å². The summed E-state index contributed by atoms with van der Waals surface area (Å²) in [7, 11) is 3.06. The van der Waals surface area contributed by atoms with Crippen LogP contribution in [0, 0.1) is 0 Å². The van der Waals surface area contributed by atoms with Gasteiger partial charge in [0.1, 0.15) is 16.5 Å². The van der Waals surface area contributed by atoms with Crippen LogP contribution in [0.4, 0.5) is 5.69 Å². The minimum atomic E-state index is -0.368. The Hall–Kier alpha value is -3.49. The molecule has 0 spiro atoms. The van der Waals surface area contributed by atoms with Gasteiger partial charge in [0.2, 0.25) is 0 Å². The standard InChI is InChI=1S/C23H19N3O3S2/c1-28-15-11-14(12-16(13-15)29-2)21(27)26-23(30)25-18-8-4-3-7-17(18)22-24-19-9-5-6-10-20(19)31-22/h3-13H,1-2H3,(H2,25,26,27,30). The number of aromatic nitrogens is 1. The fourth-order valence-electron chi connectivity index (χ4n) is 3.03. The molecule has 0 bridgehead atoms. The van der Waals surface area contributed by atoms with Crippen molar-refractivity contribution >= 4 is 50.5 Å². The highest BCUT2D eigenvalue weighted by Crippen LogP contribution is 2.34. The molecule has 1 amide bonds. The monoisotopic (exact) mass is 449 g/mol. The van der Waals surface area contributed by atoms with Crippen molar-refractivity contribution < 1.29 is 14.3 Å². The van der Waals surface area contributed by atoms with E-state index in [1.54, 1.807) is 29.5 Å². The normalized spacial score (nSPS) is 10.5. The van der Waals surface area contributed by atoms with Crippen LogP contribution < -0.4 is 20.1 Å². The first-order valence-corrected chi connectivity index (χ1v) is 10.6. The predicted octanol–water partition coefficient (Wildman–Crippen LogP) is 5.11. The number of methoxy groups -OCH3 is 2. The number of nitrogens with zero attached hydrogens (tertiary/aromatic N) is 1. The van der Waals surface area contributed by atoms with Crippen molar-refractivity contribution in [3.8, 4) is 22.1 Å². The molecule has 8 heteroatoms. The molecule has 4 rings (SSSR count). The van der Waals surface area contributed by atoms with Gasteiger partial charge in [0.25, 0.3) is 5.91 Å². The number of nitrogens with one attached hydrogen (secondary N) is 2. The summed E-state index contributed by atoms with van der Waals surface area (Å²) in [5, 5.41) is 6.87. The van der Waals surface area contributed by atoms with Crippen molar-refractivity contribution in [2.75, 3.05) is 19.5 Å². The van der Waals surface area contributed by atoms with Crippen LogP contribution in [0.25, 0.3) is 20.8 Å². The molecule has 2 N–H and O–H groups in total. The van der Waals surface area contributed by atoms with Crippen LogP contribution in [0.2, 0.25) is 0 Å². The van der Waals surface area contributed by atoms with Gasteiger partial charge < -0.3 is 14.8 Å². The van der Waals surface area contributed by atoms with E-state index in [-0.39, 0.29) is 11.0 Å². The van der Waals surface area contributed by atoms with Gasteiger partial charge in [0.05, 0.1) is 30.1 Å². The van der Waals surface area contributed by atoms with Crippen molar-refractivity contribution in [1.82, 2.24) is 10.3 Å². The Balaban J connectivity index is 1.54. The Labute approximate surface area is 188 Å². The molecular weight excluding hydrogens is 430 g/mol. The van der Waals surface area contributed by atoms with E-state index in [0.29, 0.717) is 17.1 Å². The third-order valence-corrected chi connectivity index (χ3v) is 5.81. The second kappa shape index (κ2) is 9.11. The molecule has 0 aliphatic carbocycles. The summed E-state index contributed by atoms with van der Waals surface area (Å²) in [6.45, 7) is 0. The minimum absolute atomic E-state index is 0.181. The quantitative estimate of drug-likeness (QED) is 0.413. The SMILES string of the molecule is COc1cc(OC)cc(C(=O)NC(=S)Nc2ccccc2-c2nc3ccccc3s2)c1. The first-order chi connectivity index (χ1) is 15.1. The maximum absolute atomic E-state index is 12.7. The van der Waals surface area contributed by atoms with Crippen molar-refractivity contribution in [2.24, 2.45) is 0 Å². The van der Waals surface area contributed by atoms with Crippen molar-refractivity contribution in [2.45, 2.75) is 0 Å². The van der Waals surface area contributed by atoms with E-state index in [1.807, 2.05) is 48.5 Å². The zero-order valence-electron chi connectivity index (χ0n) is 16.8. The van der Waals surface area contributed by atoms with Gasteiger partial charge in [0.15, 0.2) is 5.11 Å². The summed E-state index contributed by atoms with van der Waals surface area (Å²) in [6.07, 6.45) is 0. The molecule has 156 valence electrons. The van der Waals surface area contributed by atoms with Crippen molar-refractivity contribution in [1.29, 1.82) is 0 Å². The minimum Gasteiger partial charge on any atom is -0.497 e. The van der Waals surface area contributed by atoms with Gasteiger partial charge >= 0.3 is 0 Å². The molecule has 0 aliphatic heterocycles. The molecule has 0 atom stereocenters. The lowest BCUT2D eigenvalue weighted by Crippen LogP contribution is -2.34. The number of fused-ring (bicyclic) bond motifs is 1. The molecule has 6 nitrogen and oxygen atoms in total. The van der Waals surface area contributed by atoms with E-state index in [4.69, 9.17) is 26.7 Å². The third-order valence-electron chi connectivity index (χ3n) is 4.54. The zero-order chi connectivity index (χ0) is 21.8. The van der Waals surface area contributed by atoms with Gasteiger partial charge in [-0.15, -0.1) is 11.3 Å². The number of anilines is 1. The molecule has 0 radical (unpaired) electrons. The number of ether oxygens (including phenoxy) is 2. The molecule has 1 heterocycles. The lowest BCUT2D eigenvalue weighted by atomic mass is 10.2. The van der Waals surface area contributed by atoms with Gasteiger partial charge in [-0.1, -0.05) is 24.3 Å². The maximum atomic E-state index is 12.7.